The minimum absolute atomic E-state index is 0.0272. The Morgan fingerprint density at radius 3 is 2.63 bits per heavy atom. The van der Waals surface area contributed by atoms with E-state index in [1.54, 1.807) is 42.5 Å². The number of carbonyl (C=O) groups is 3. The van der Waals surface area contributed by atoms with E-state index in [1.165, 1.54) is 23.2 Å². The highest BCUT2D eigenvalue weighted by Gasteiger charge is 2.40. The molecule has 1 aliphatic heterocycles. The molecule has 0 aliphatic carbocycles. The first kappa shape index (κ1) is 27.3. The Kier molecular flexibility index (Phi) is 8.73. The molecular formula is C28H29ClN4O5. The van der Waals surface area contributed by atoms with Crippen molar-refractivity contribution in [1.29, 1.82) is 0 Å². The van der Waals surface area contributed by atoms with Crippen molar-refractivity contribution in [1.82, 2.24) is 15.2 Å². The van der Waals surface area contributed by atoms with Crippen LogP contribution in [-0.4, -0.2) is 56.6 Å². The number of aromatic nitrogens is 1. The van der Waals surface area contributed by atoms with Gasteiger partial charge in [0.15, 0.2) is 0 Å². The maximum absolute atomic E-state index is 13.6. The van der Waals surface area contributed by atoms with Crippen LogP contribution in [0.2, 0.25) is 5.02 Å². The summed E-state index contributed by atoms with van der Waals surface area (Å²) in [6.07, 6.45) is 1.01. The molecule has 3 atom stereocenters. The van der Waals surface area contributed by atoms with Gasteiger partial charge in [0.05, 0.1) is 17.2 Å². The molecule has 2 amide bonds. The van der Waals surface area contributed by atoms with E-state index in [9.17, 15) is 24.6 Å². The number of amides is 2. The van der Waals surface area contributed by atoms with Crippen LogP contribution in [0.1, 0.15) is 51.5 Å². The number of nitrogens with one attached hydrogen (secondary N) is 1. The van der Waals surface area contributed by atoms with Crippen molar-refractivity contribution in [2.75, 3.05) is 6.54 Å². The highest BCUT2D eigenvalue weighted by Crippen LogP contribution is 2.30. The molecule has 38 heavy (non-hydrogen) atoms. The molecule has 0 spiro atoms. The molecule has 10 heteroatoms. The molecule has 1 saturated heterocycles. The molecule has 1 fully saturated rings. The standard InChI is InChI=1S/C28H29ClN4O5/c29-21-10-9-19(15-30)20(14-21)16-32-26(35)23-8-4-12-33(23)27(36)25(34)24(22-7-1-2-11-31-22)17-5-3-6-18(13-17)28(37)38/h1-3,5-7,9-11,13-14,23-25,34H,4,8,12,15-16,30H2,(H,32,35)(H,37,38). The van der Waals surface area contributed by atoms with E-state index in [-0.39, 0.29) is 18.0 Å². The SMILES string of the molecule is NCc1ccc(Cl)cc1CNC(=O)C1CCCN1C(=O)C(O)C(c1cccc(C(=O)O)c1)c1ccccn1. The number of benzene rings is 2. The van der Waals surface area contributed by atoms with Gasteiger partial charge < -0.3 is 26.2 Å². The highest BCUT2D eigenvalue weighted by molar-refractivity contribution is 6.30. The molecule has 198 valence electrons. The predicted octanol–water partition coefficient (Wildman–Crippen LogP) is 2.69. The van der Waals surface area contributed by atoms with E-state index in [4.69, 9.17) is 17.3 Å². The zero-order valence-electron chi connectivity index (χ0n) is 20.6. The summed E-state index contributed by atoms with van der Waals surface area (Å²) in [6.45, 7) is 0.801. The van der Waals surface area contributed by atoms with Crippen LogP contribution < -0.4 is 11.1 Å². The molecule has 0 saturated carbocycles. The number of nitrogens with two attached hydrogens (primary N) is 1. The number of hydrogen-bond donors (Lipinski definition) is 4. The first-order chi connectivity index (χ1) is 18.3. The molecule has 2 heterocycles. The lowest BCUT2D eigenvalue weighted by molar-refractivity contribution is -0.145. The second-order valence-corrected chi connectivity index (χ2v) is 9.57. The second kappa shape index (κ2) is 12.2. The molecule has 0 radical (unpaired) electrons. The van der Waals surface area contributed by atoms with Gasteiger partial charge in [0.1, 0.15) is 12.1 Å². The maximum atomic E-state index is 13.6. The van der Waals surface area contributed by atoms with Gasteiger partial charge in [0, 0.05) is 30.9 Å². The zero-order valence-corrected chi connectivity index (χ0v) is 21.3. The highest BCUT2D eigenvalue weighted by atomic mass is 35.5. The second-order valence-electron chi connectivity index (χ2n) is 9.13. The summed E-state index contributed by atoms with van der Waals surface area (Å²) in [7, 11) is 0. The van der Waals surface area contributed by atoms with Crippen molar-refractivity contribution >= 4 is 29.4 Å². The fourth-order valence-electron chi connectivity index (χ4n) is 4.81. The van der Waals surface area contributed by atoms with Gasteiger partial charge in [-0.2, -0.15) is 0 Å². The molecule has 4 rings (SSSR count). The third kappa shape index (κ3) is 6.02. The summed E-state index contributed by atoms with van der Waals surface area (Å²) in [6, 6.07) is 15.7. The number of carbonyl (C=O) groups excluding carboxylic acids is 2. The van der Waals surface area contributed by atoms with E-state index < -0.39 is 29.9 Å². The smallest absolute Gasteiger partial charge is 0.335 e. The average Bonchev–Trinajstić information content (AvgIpc) is 3.42. The molecule has 3 aromatic rings. The fourth-order valence-corrected chi connectivity index (χ4v) is 5.01. The summed E-state index contributed by atoms with van der Waals surface area (Å²) in [5, 5.41) is 24.2. The number of aromatic carboxylic acids is 1. The van der Waals surface area contributed by atoms with Crippen molar-refractivity contribution in [3.8, 4) is 0 Å². The molecular weight excluding hydrogens is 508 g/mol. The predicted molar refractivity (Wildman–Crippen MR) is 141 cm³/mol. The first-order valence-corrected chi connectivity index (χ1v) is 12.7. The van der Waals surface area contributed by atoms with Crippen molar-refractivity contribution in [3.05, 3.63) is 99.8 Å². The van der Waals surface area contributed by atoms with Crippen molar-refractivity contribution in [3.63, 3.8) is 0 Å². The van der Waals surface area contributed by atoms with Crippen LogP contribution in [0.3, 0.4) is 0 Å². The number of nitrogens with zero attached hydrogens (tertiary/aromatic N) is 2. The molecule has 9 nitrogen and oxygen atoms in total. The fraction of sp³-hybridized carbons (Fsp3) is 0.286. The number of hydrogen-bond acceptors (Lipinski definition) is 6. The molecule has 1 aromatic heterocycles. The number of pyridine rings is 1. The molecule has 5 N–H and O–H groups in total. The van der Waals surface area contributed by atoms with Crippen LogP contribution in [0.5, 0.6) is 0 Å². The Morgan fingerprint density at radius 1 is 1.11 bits per heavy atom. The van der Waals surface area contributed by atoms with Crippen LogP contribution in [0, 0.1) is 0 Å². The van der Waals surface area contributed by atoms with Gasteiger partial charge in [-0.05, 0) is 65.9 Å². The van der Waals surface area contributed by atoms with Gasteiger partial charge >= 0.3 is 5.97 Å². The van der Waals surface area contributed by atoms with E-state index in [1.807, 2.05) is 6.07 Å². The monoisotopic (exact) mass is 536 g/mol. The summed E-state index contributed by atoms with van der Waals surface area (Å²) < 4.78 is 0. The Balaban J connectivity index is 1.55. The van der Waals surface area contributed by atoms with Crippen molar-refractivity contribution < 1.29 is 24.6 Å². The lowest BCUT2D eigenvalue weighted by atomic mass is 9.88. The van der Waals surface area contributed by atoms with E-state index in [0.29, 0.717) is 42.2 Å². The Morgan fingerprint density at radius 2 is 1.92 bits per heavy atom. The van der Waals surface area contributed by atoms with Gasteiger partial charge in [-0.25, -0.2) is 4.79 Å². The number of carboxylic acid groups (broad SMARTS) is 1. The van der Waals surface area contributed by atoms with Gasteiger partial charge in [-0.15, -0.1) is 0 Å². The van der Waals surface area contributed by atoms with Crippen molar-refractivity contribution in [2.24, 2.45) is 5.73 Å². The first-order valence-electron chi connectivity index (χ1n) is 12.3. The van der Waals surface area contributed by atoms with Crippen LogP contribution in [0.15, 0.2) is 66.9 Å². The molecule has 1 aliphatic rings. The quantitative estimate of drug-likeness (QED) is 0.329. The summed E-state index contributed by atoms with van der Waals surface area (Å²) >= 11 is 6.10. The number of aliphatic hydroxyl groups is 1. The molecule has 3 unspecified atom stereocenters. The third-order valence-electron chi connectivity index (χ3n) is 6.75. The van der Waals surface area contributed by atoms with E-state index in [2.05, 4.69) is 10.3 Å². The topological polar surface area (TPSA) is 146 Å². The van der Waals surface area contributed by atoms with Gasteiger partial charge in [0.2, 0.25) is 5.91 Å². The number of halogens is 1. The minimum Gasteiger partial charge on any atom is -0.478 e. The maximum Gasteiger partial charge on any atom is 0.335 e. The Hall–Kier alpha value is -3.79. The summed E-state index contributed by atoms with van der Waals surface area (Å²) in [5.74, 6) is -3.01. The van der Waals surface area contributed by atoms with Crippen LogP contribution in [-0.2, 0) is 22.7 Å². The van der Waals surface area contributed by atoms with Gasteiger partial charge in [-0.3, -0.25) is 14.6 Å². The molecule has 2 aromatic carbocycles. The average molecular weight is 537 g/mol. The van der Waals surface area contributed by atoms with Crippen LogP contribution in [0.25, 0.3) is 0 Å². The lowest BCUT2D eigenvalue weighted by Gasteiger charge is -2.30. The Labute approximate surface area is 225 Å². The van der Waals surface area contributed by atoms with E-state index in [0.717, 1.165) is 11.1 Å². The third-order valence-corrected chi connectivity index (χ3v) is 6.98. The Bertz CT molecular complexity index is 1320. The van der Waals surface area contributed by atoms with Gasteiger partial charge in [-0.1, -0.05) is 35.9 Å². The number of likely N-dealkylation sites (tertiary alicyclic amines) is 1. The summed E-state index contributed by atoms with van der Waals surface area (Å²) in [4.78, 5) is 44.0. The largest absolute Gasteiger partial charge is 0.478 e. The summed E-state index contributed by atoms with van der Waals surface area (Å²) in [5.41, 5.74) is 8.31. The molecule has 0 bridgehead atoms. The van der Waals surface area contributed by atoms with Crippen LogP contribution >= 0.6 is 11.6 Å². The van der Waals surface area contributed by atoms with Crippen molar-refractivity contribution in [2.45, 2.75) is 44.0 Å². The number of aliphatic hydroxyl groups excluding tert-OH is 1. The lowest BCUT2D eigenvalue weighted by Crippen LogP contribution is -2.50. The normalized spacial score (nSPS) is 16.6. The van der Waals surface area contributed by atoms with Crippen LogP contribution in [0.4, 0.5) is 0 Å². The number of rotatable bonds is 9. The number of carboxylic acids is 1. The zero-order chi connectivity index (χ0) is 27.2. The van der Waals surface area contributed by atoms with Gasteiger partial charge in [0.25, 0.3) is 5.91 Å². The van der Waals surface area contributed by atoms with E-state index >= 15 is 0 Å². The minimum atomic E-state index is -1.58.